The van der Waals surface area contributed by atoms with Crippen LogP contribution >= 0.6 is 0 Å². The molecule has 6 heteroatoms. The van der Waals surface area contributed by atoms with Crippen LogP contribution < -0.4 is 5.32 Å². The molecule has 1 fully saturated rings. The van der Waals surface area contributed by atoms with Gasteiger partial charge in [-0.15, -0.1) is 0 Å². The van der Waals surface area contributed by atoms with Gasteiger partial charge in [-0.3, -0.25) is 9.59 Å². The van der Waals surface area contributed by atoms with Crippen molar-refractivity contribution in [2.75, 3.05) is 5.32 Å². The molecule has 0 saturated heterocycles. The normalized spacial score (nSPS) is 22.0. The first-order valence-corrected chi connectivity index (χ1v) is 4.98. The molecule has 1 saturated carbocycles. The number of anilines is 1. The van der Waals surface area contributed by atoms with Gasteiger partial charge in [0.15, 0.2) is 11.6 Å². The van der Waals surface area contributed by atoms with Crippen LogP contribution in [0.1, 0.15) is 6.42 Å². The fraction of sp³-hybridized carbons (Fsp3) is 0.273. The molecule has 0 heterocycles. The molecule has 0 radical (unpaired) electrons. The summed E-state index contributed by atoms with van der Waals surface area (Å²) in [6, 6.07) is 2.96. The molecule has 1 aliphatic rings. The summed E-state index contributed by atoms with van der Waals surface area (Å²) in [7, 11) is 0. The topological polar surface area (TPSA) is 66.4 Å². The van der Waals surface area contributed by atoms with Crippen molar-refractivity contribution < 1.29 is 23.5 Å². The van der Waals surface area contributed by atoms with E-state index in [1.54, 1.807) is 0 Å². The molecule has 4 nitrogen and oxygen atoms in total. The minimum Gasteiger partial charge on any atom is -0.481 e. The maximum Gasteiger partial charge on any atom is 0.307 e. The predicted octanol–water partition coefficient (Wildman–Crippen LogP) is 1.62. The van der Waals surface area contributed by atoms with Crippen molar-refractivity contribution in [3.63, 3.8) is 0 Å². The first-order valence-electron chi connectivity index (χ1n) is 4.98. The van der Waals surface area contributed by atoms with Gasteiger partial charge in [0.05, 0.1) is 11.8 Å². The molecule has 2 unspecified atom stereocenters. The minimum atomic E-state index is -1.06. The lowest BCUT2D eigenvalue weighted by Gasteiger charge is -2.04. The molecule has 1 amide bonds. The molecule has 0 aliphatic heterocycles. The van der Waals surface area contributed by atoms with Crippen LogP contribution in [0.15, 0.2) is 18.2 Å². The Morgan fingerprint density at radius 1 is 1.24 bits per heavy atom. The Labute approximate surface area is 95.2 Å². The van der Waals surface area contributed by atoms with Crippen LogP contribution in [0, 0.1) is 23.5 Å². The van der Waals surface area contributed by atoms with Crippen LogP contribution in [0.25, 0.3) is 0 Å². The number of benzene rings is 1. The van der Waals surface area contributed by atoms with Gasteiger partial charge in [-0.2, -0.15) is 0 Å². The summed E-state index contributed by atoms with van der Waals surface area (Å²) in [5.41, 5.74) is 0.116. The molecule has 0 aromatic heterocycles. The van der Waals surface area contributed by atoms with Crippen molar-refractivity contribution in [1.29, 1.82) is 0 Å². The number of carbonyl (C=O) groups excluding carboxylic acids is 1. The summed E-state index contributed by atoms with van der Waals surface area (Å²) in [6.45, 7) is 0. The SMILES string of the molecule is O=C(O)C1CC1C(=O)Nc1ccc(F)c(F)c1. The average molecular weight is 241 g/mol. The van der Waals surface area contributed by atoms with E-state index < -0.39 is 35.3 Å². The van der Waals surface area contributed by atoms with Gasteiger partial charge in [0.2, 0.25) is 5.91 Å². The predicted molar refractivity (Wildman–Crippen MR) is 54.2 cm³/mol. The van der Waals surface area contributed by atoms with Crippen molar-refractivity contribution in [2.24, 2.45) is 11.8 Å². The molecular weight excluding hydrogens is 232 g/mol. The Kier molecular flexibility index (Phi) is 2.79. The van der Waals surface area contributed by atoms with E-state index in [0.29, 0.717) is 0 Å². The number of carboxylic acid groups (broad SMARTS) is 1. The Balaban J connectivity index is 2.00. The van der Waals surface area contributed by atoms with Gasteiger partial charge in [-0.05, 0) is 18.6 Å². The van der Waals surface area contributed by atoms with Crippen LogP contribution in [0.4, 0.5) is 14.5 Å². The zero-order valence-corrected chi connectivity index (χ0v) is 8.61. The monoisotopic (exact) mass is 241 g/mol. The molecule has 2 N–H and O–H groups in total. The molecule has 0 bridgehead atoms. The molecule has 1 aromatic rings. The van der Waals surface area contributed by atoms with Crippen LogP contribution in [-0.4, -0.2) is 17.0 Å². The summed E-state index contributed by atoms with van der Waals surface area (Å²) < 4.78 is 25.4. The fourth-order valence-electron chi connectivity index (χ4n) is 1.57. The van der Waals surface area contributed by atoms with Crippen LogP contribution in [0.2, 0.25) is 0 Å². The minimum absolute atomic E-state index is 0.116. The van der Waals surface area contributed by atoms with E-state index in [-0.39, 0.29) is 12.1 Å². The molecule has 0 spiro atoms. The smallest absolute Gasteiger partial charge is 0.307 e. The van der Waals surface area contributed by atoms with Gasteiger partial charge in [0.1, 0.15) is 0 Å². The van der Waals surface area contributed by atoms with Crippen molar-refractivity contribution in [1.82, 2.24) is 0 Å². The third-order valence-corrected chi connectivity index (χ3v) is 2.63. The van der Waals surface area contributed by atoms with Crippen LogP contribution in [-0.2, 0) is 9.59 Å². The third kappa shape index (κ3) is 2.41. The second-order valence-corrected chi connectivity index (χ2v) is 3.91. The summed E-state index contributed by atoms with van der Waals surface area (Å²) in [5.74, 6) is -4.81. The van der Waals surface area contributed by atoms with Crippen molar-refractivity contribution >= 4 is 17.6 Å². The molecule has 1 aromatic carbocycles. The van der Waals surface area contributed by atoms with E-state index in [9.17, 15) is 18.4 Å². The standard InChI is InChI=1S/C11H9F2NO3/c12-8-2-1-5(3-9(8)13)14-10(15)6-4-7(6)11(16)17/h1-3,6-7H,4H2,(H,14,15)(H,16,17). The maximum absolute atomic E-state index is 12.8. The summed E-state index contributed by atoms with van der Waals surface area (Å²) in [5, 5.41) is 11.0. The number of rotatable bonds is 3. The van der Waals surface area contributed by atoms with E-state index in [1.807, 2.05) is 0 Å². The highest BCUT2D eigenvalue weighted by molar-refractivity contribution is 5.98. The molecule has 90 valence electrons. The van der Waals surface area contributed by atoms with Crippen LogP contribution in [0.5, 0.6) is 0 Å². The van der Waals surface area contributed by atoms with Crippen LogP contribution in [0.3, 0.4) is 0 Å². The molecular formula is C11H9F2NO3. The number of halogens is 2. The Hall–Kier alpha value is -1.98. The number of hydrogen-bond donors (Lipinski definition) is 2. The van der Waals surface area contributed by atoms with E-state index in [0.717, 1.165) is 12.1 Å². The number of aliphatic carboxylic acids is 1. The maximum atomic E-state index is 12.8. The van der Waals surface area contributed by atoms with Crippen molar-refractivity contribution in [3.05, 3.63) is 29.8 Å². The summed E-state index contributed by atoms with van der Waals surface area (Å²) in [4.78, 5) is 22.0. The molecule has 17 heavy (non-hydrogen) atoms. The fourth-order valence-corrected chi connectivity index (χ4v) is 1.57. The number of hydrogen-bond acceptors (Lipinski definition) is 2. The highest BCUT2D eigenvalue weighted by Crippen LogP contribution is 2.39. The second kappa shape index (κ2) is 4.12. The molecule has 1 aliphatic carbocycles. The van der Waals surface area contributed by atoms with E-state index in [1.165, 1.54) is 6.07 Å². The number of amides is 1. The molecule has 2 atom stereocenters. The number of carbonyl (C=O) groups is 2. The lowest BCUT2D eigenvalue weighted by molar-refractivity contribution is -0.139. The lowest BCUT2D eigenvalue weighted by Crippen LogP contribution is -2.16. The highest BCUT2D eigenvalue weighted by Gasteiger charge is 2.48. The summed E-state index contributed by atoms with van der Waals surface area (Å²) in [6.07, 6.45) is 0.283. The zero-order chi connectivity index (χ0) is 12.6. The average Bonchev–Trinajstić information content (AvgIpc) is 3.03. The number of carboxylic acids is 1. The first-order chi connectivity index (χ1) is 7.99. The van der Waals surface area contributed by atoms with E-state index >= 15 is 0 Å². The summed E-state index contributed by atoms with van der Waals surface area (Å²) >= 11 is 0. The largest absolute Gasteiger partial charge is 0.481 e. The van der Waals surface area contributed by atoms with Crippen molar-refractivity contribution in [3.8, 4) is 0 Å². The van der Waals surface area contributed by atoms with Gasteiger partial charge in [-0.25, -0.2) is 8.78 Å². The van der Waals surface area contributed by atoms with E-state index in [2.05, 4.69) is 5.32 Å². The van der Waals surface area contributed by atoms with Crippen molar-refractivity contribution in [2.45, 2.75) is 6.42 Å². The van der Waals surface area contributed by atoms with Gasteiger partial charge < -0.3 is 10.4 Å². The van der Waals surface area contributed by atoms with Gasteiger partial charge in [-0.1, -0.05) is 0 Å². The Morgan fingerprint density at radius 3 is 2.47 bits per heavy atom. The highest BCUT2D eigenvalue weighted by atomic mass is 19.2. The quantitative estimate of drug-likeness (QED) is 0.845. The first kappa shape index (κ1) is 11.5. The number of nitrogens with one attached hydrogen (secondary N) is 1. The lowest BCUT2D eigenvalue weighted by atomic mass is 10.2. The Bertz CT molecular complexity index is 490. The van der Waals surface area contributed by atoms with E-state index in [4.69, 9.17) is 5.11 Å². The zero-order valence-electron chi connectivity index (χ0n) is 8.61. The molecule has 2 rings (SSSR count). The second-order valence-electron chi connectivity index (χ2n) is 3.91. The third-order valence-electron chi connectivity index (χ3n) is 2.63. The van der Waals surface area contributed by atoms with Gasteiger partial charge in [0, 0.05) is 11.8 Å². The Morgan fingerprint density at radius 2 is 1.94 bits per heavy atom. The van der Waals surface area contributed by atoms with Gasteiger partial charge in [0.25, 0.3) is 0 Å². The van der Waals surface area contributed by atoms with Gasteiger partial charge >= 0.3 is 5.97 Å².